The number of hydrogen-bond acceptors (Lipinski definition) is 1. The van der Waals surface area contributed by atoms with Crippen molar-refractivity contribution in [1.29, 1.82) is 0 Å². The van der Waals surface area contributed by atoms with Crippen LogP contribution in [0.4, 0.5) is 36.4 Å². The molecule has 0 spiro atoms. The number of nitrogen functional groups attached to an aromatic ring is 1. The van der Waals surface area contributed by atoms with Crippen molar-refractivity contribution in [3.8, 4) is 0 Å². The molecule has 0 radical (unpaired) electrons. The summed E-state index contributed by atoms with van der Waals surface area (Å²) < 4.78 is 86.8. The summed E-state index contributed by atoms with van der Waals surface area (Å²) in [5, 5.41) is 0. The van der Waals surface area contributed by atoms with Gasteiger partial charge in [0, 0.05) is 12.1 Å². The van der Waals surface area contributed by atoms with E-state index in [4.69, 9.17) is 5.73 Å². The summed E-state index contributed by atoms with van der Waals surface area (Å²) in [5.41, 5.74) is -0.332. The molecular formula is C10H8F7N. The average molecular weight is 275 g/mol. The van der Waals surface area contributed by atoms with Crippen LogP contribution in [0.5, 0.6) is 0 Å². The van der Waals surface area contributed by atoms with Crippen molar-refractivity contribution in [2.24, 2.45) is 0 Å². The topological polar surface area (TPSA) is 26.0 Å². The third kappa shape index (κ3) is 2.68. The average Bonchev–Trinajstić information content (AvgIpc) is 2.18. The fourth-order valence-corrected chi connectivity index (χ4v) is 1.28. The van der Waals surface area contributed by atoms with Crippen molar-refractivity contribution in [1.82, 2.24) is 0 Å². The zero-order valence-corrected chi connectivity index (χ0v) is 8.74. The van der Waals surface area contributed by atoms with E-state index in [1.165, 1.54) is 0 Å². The Kier molecular flexibility index (Phi) is 3.51. The summed E-state index contributed by atoms with van der Waals surface area (Å²) in [6, 6.07) is 4.04. The van der Waals surface area contributed by atoms with E-state index in [1.54, 1.807) is 0 Å². The monoisotopic (exact) mass is 275 g/mol. The quantitative estimate of drug-likeness (QED) is 0.647. The van der Waals surface area contributed by atoms with E-state index in [2.05, 4.69) is 0 Å². The lowest BCUT2D eigenvalue weighted by Gasteiger charge is -2.30. The van der Waals surface area contributed by atoms with Crippen LogP contribution in [0, 0.1) is 0 Å². The van der Waals surface area contributed by atoms with Crippen molar-refractivity contribution in [3.05, 3.63) is 29.8 Å². The molecule has 0 aromatic heterocycles. The molecule has 2 N–H and O–H groups in total. The molecule has 8 heteroatoms. The number of halogens is 7. The Bertz CT molecular complexity index is 390. The highest BCUT2D eigenvalue weighted by Gasteiger charge is 2.72. The standard InChI is InChI=1S/C10H8F7N/c11-8(9(12,13)14,10(15,16)17)5-6-1-3-7(18)4-2-6/h1-4H,5,18H2. The lowest BCUT2D eigenvalue weighted by Crippen LogP contribution is -2.54. The molecular weight excluding hydrogens is 267 g/mol. The Labute approximate surface area is 97.4 Å². The van der Waals surface area contributed by atoms with E-state index < -0.39 is 30.0 Å². The number of nitrogens with two attached hydrogens (primary N) is 1. The first-order valence-corrected chi connectivity index (χ1v) is 4.64. The second-order valence-electron chi connectivity index (χ2n) is 3.72. The first-order valence-electron chi connectivity index (χ1n) is 4.64. The van der Waals surface area contributed by atoms with Gasteiger partial charge in [0.15, 0.2) is 0 Å². The predicted molar refractivity (Wildman–Crippen MR) is 50.5 cm³/mol. The minimum absolute atomic E-state index is 0.155. The van der Waals surface area contributed by atoms with Crippen LogP contribution in [-0.2, 0) is 6.42 Å². The fourth-order valence-electron chi connectivity index (χ4n) is 1.28. The normalized spacial score (nSPS) is 13.7. The van der Waals surface area contributed by atoms with Crippen molar-refractivity contribution in [2.75, 3.05) is 5.73 Å². The van der Waals surface area contributed by atoms with Crippen LogP contribution < -0.4 is 5.73 Å². The van der Waals surface area contributed by atoms with Gasteiger partial charge in [-0.3, -0.25) is 0 Å². The maximum Gasteiger partial charge on any atom is 0.431 e. The minimum Gasteiger partial charge on any atom is -0.399 e. The molecule has 18 heavy (non-hydrogen) atoms. The molecule has 0 heterocycles. The third-order valence-corrected chi connectivity index (χ3v) is 2.33. The molecule has 1 rings (SSSR count). The first-order chi connectivity index (χ1) is 7.97. The molecule has 0 saturated carbocycles. The molecule has 0 atom stereocenters. The van der Waals surface area contributed by atoms with Crippen LogP contribution in [0.25, 0.3) is 0 Å². The predicted octanol–water partition coefficient (Wildman–Crippen LogP) is 3.64. The SMILES string of the molecule is Nc1ccc(CC(F)(C(F)(F)F)C(F)(F)F)cc1. The molecule has 1 nitrogen and oxygen atoms in total. The molecule has 0 saturated heterocycles. The van der Waals surface area contributed by atoms with Gasteiger partial charge in [-0.25, -0.2) is 4.39 Å². The van der Waals surface area contributed by atoms with E-state index in [9.17, 15) is 30.7 Å². The Hall–Kier alpha value is -1.47. The number of rotatable bonds is 2. The van der Waals surface area contributed by atoms with Crippen molar-refractivity contribution >= 4 is 5.69 Å². The summed E-state index contributed by atoms with van der Waals surface area (Å²) in [4.78, 5) is 0. The highest BCUT2D eigenvalue weighted by atomic mass is 19.4. The van der Waals surface area contributed by atoms with Gasteiger partial charge in [0.2, 0.25) is 0 Å². The van der Waals surface area contributed by atoms with E-state index in [0.29, 0.717) is 0 Å². The Morgan fingerprint density at radius 1 is 0.778 bits per heavy atom. The van der Waals surface area contributed by atoms with E-state index in [0.717, 1.165) is 24.3 Å². The zero-order chi connectivity index (χ0) is 14.2. The third-order valence-electron chi connectivity index (χ3n) is 2.33. The van der Waals surface area contributed by atoms with Crippen molar-refractivity contribution < 1.29 is 30.7 Å². The first kappa shape index (κ1) is 14.6. The number of anilines is 1. The molecule has 0 aliphatic carbocycles. The molecule has 0 aliphatic heterocycles. The maximum absolute atomic E-state index is 13.3. The lowest BCUT2D eigenvalue weighted by atomic mass is 9.95. The Morgan fingerprint density at radius 2 is 1.17 bits per heavy atom. The van der Waals surface area contributed by atoms with Gasteiger partial charge in [-0.2, -0.15) is 26.3 Å². The van der Waals surface area contributed by atoms with E-state index >= 15 is 0 Å². The van der Waals surface area contributed by atoms with Crippen molar-refractivity contribution in [2.45, 2.75) is 24.4 Å². The molecule has 0 unspecified atom stereocenters. The van der Waals surface area contributed by atoms with Gasteiger partial charge in [-0.1, -0.05) is 12.1 Å². The van der Waals surface area contributed by atoms with Crippen LogP contribution >= 0.6 is 0 Å². The van der Waals surface area contributed by atoms with Gasteiger partial charge in [0.05, 0.1) is 0 Å². The number of benzene rings is 1. The molecule has 102 valence electrons. The van der Waals surface area contributed by atoms with Gasteiger partial charge >= 0.3 is 18.0 Å². The summed E-state index contributed by atoms with van der Waals surface area (Å²) in [7, 11) is 0. The lowest BCUT2D eigenvalue weighted by molar-refractivity contribution is -0.340. The van der Waals surface area contributed by atoms with Crippen LogP contribution in [-0.4, -0.2) is 18.0 Å². The van der Waals surface area contributed by atoms with Crippen LogP contribution in [0.2, 0.25) is 0 Å². The maximum atomic E-state index is 13.3. The summed E-state index contributed by atoms with van der Waals surface area (Å²) >= 11 is 0. The molecule has 0 aliphatic rings. The molecule has 1 aromatic rings. The molecule has 1 aromatic carbocycles. The smallest absolute Gasteiger partial charge is 0.399 e. The fraction of sp³-hybridized carbons (Fsp3) is 0.400. The van der Waals surface area contributed by atoms with Gasteiger partial charge in [-0.05, 0) is 17.7 Å². The van der Waals surface area contributed by atoms with Gasteiger partial charge in [0.25, 0.3) is 0 Å². The summed E-state index contributed by atoms with van der Waals surface area (Å²) in [6.45, 7) is 0. The van der Waals surface area contributed by atoms with E-state index in [-0.39, 0.29) is 5.69 Å². The van der Waals surface area contributed by atoms with Crippen LogP contribution in [0.15, 0.2) is 24.3 Å². The number of hydrogen-bond donors (Lipinski definition) is 1. The van der Waals surface area contributed by atoms with Gasteiger partial charge < -0.3 is 5.73 Å². The summed E-state index contributed by atoms with van der Waals surface area (Å²) in [6.07, 6.45) is -13.9. The largest absolute Gasteiger partial charge is 0.431 e. The highest BCUT2D eigenvalue weighted by Crippen LogP contribution is 2.48. The van der Waals surface area contributed by atoms with Crippen LogP contribution in [0.1, 0.15) is 5.56 Å². The summed E-state index contributed by atoms with van der Waals surface area (Å²) in [5.74, 6) is 0. The molecule has 0 amide bonds. The highest BCUT2D eigenvalue weighted by molar-refractivity contribution is 5.39. The number of alkyl halides is 7. The van der Waals surface area contributed by atoms with Crippen molar-refractivity contribution in [3.63, 3.8) is 0 Å². The Morgan fingerprint density at radius 3 is 1.50 bits per heavy atom. The molecule has 0 fully saturated rings. The second kappa shape index (κ2) is 4.33. The van der Waals surface area contributed by atoms with Gasteiger partial charge in [-0.15, -0.1) is 0 Å². The molecule has 0 bridgehead atoms. The zero-order valence-electron chi connectivity index (χ0n) is 8.74. The van der Waals surface area contributed by atoms with Crippen LogP contribution in [0.3, 0.4) is 0 Å². The van der Waals surface area contributed by atoms with E-state index in [1.807, 2.05) is 0 Å². The second-order valence-corrected chi connectivity index (χ2v) is 3.72. The van der Waals surface area contributed by atoms with Gasteiger partial charge in [0.1, 0.15) is 0 Å². The Balaban J connectivity index is 3.12. The minimum atomic E-state index is -6.04.